The lowest BCUT2D eigenvalue weighted by molar-refractivity contribution is -0.386. The highest BCUT2D eigenvalue weighted by molar-refractivity contribution is 5.75. The van der Waals surface area contributed by atoms with Gasteiger partial charge in [-0.1, -0.05) is 0 Å². The normalized spacial score (nSPS) is 12.1. The molecule has 2 N–H and O–H groups in total. The maximum Gasteiger partial charge on any atom is 0.337 e. The number of halogens is 1. The van der Waals surface area contributed by atoms with Crippen LogP contribution in [0.3, 0.4) is 0 Å². The topological polar surface area (TPSA) is 101 Å². The third-order valence-electron chi connectivity index (χ3n) is 1.72. The molecule has 0 aliphatic carbocycles. The van der Waals surface area contributed by atoms with Crippen molar-refractivity contribution in [3.63, 3.8) is 0 Å². The van der Waals surface area contributed by atoms with E-state index >= 15 is 0 Å². The maximum absolute atomic E-state index is 12.6. The summed E-state index contributed by atoms with van der Waals surface area (Å²) >= 11 is 0. The molecule has 15 heavy (non-hydrogen) atoms. The van der Waals surface area contributed by atoms with Gasteiger partial charge in [0, 0.05) is 0 Å². The van der Waals surface area contributed by atoms with E-state index in [4.69, 9.17) is 10.2 Å². The minimum absolute atomic E-state index is 0.450. The van der Waals surface area contributed by atoms with E-state index in [1.807, 2.05) is 0 Å². The summed E-state index contributed by atoms with van der Waals surface area (Å²) in [6, 6.07) is 2.27. The van der Waals surface area contributed by atoms with Gasteiger partial charge in [-0.2, -0.15) is 0 Å². The molecule has 0 bridgehead atoms. The van der Waals surface area contributed by atoms with Crippen molar-refractivity contribution in [2.24, 2.45) is 0 Å². The van der Waals surface area contributed by atoms with Crippen LogP contribution in [0, 0.1) is 15.9 Å². The minimum Gasteiger partial charge on any atom is -0.479 e. The summed E-state index contributed by atoms with van der Waals surface area (Å²) in [6.07, 6.45) is -2.04. The number of carboxylic acids is 1. The predicted octanol–water partition coefficient (Wildman–Crippen LogP) is 0.852. The lowest BCUT2D eigenvalue weighted by atomic mass is 10.1. The fourth-order valence-corrected chi connectivity index (χ4v) is 1.04. The molecular formula is C8H6FNO5. The van der Waals surface area contributed by atoms with Gasteiger partial charge in [0.1, 0.15) is 5.82 Å². The second-order valence-electron chi connectivity index (χ2n) is 2.70. The van der Waals surface area contributed by atoms with E-state index in [0.717, 1.165) is 12.1 Å². The van der Waals surface area contributed by atoms with Gasteiger partial charge in [-0.25, -0.2) is 9.18 Å². The van der Waals surface area contributed by atoms with Crippen molar-refractivity contribution in [3.05, 3.63) is 39.7 Å². The van der Waals surface area contributed by atoms with Gasteiger partial charge in [0.05, 0.1) is 16.6 Å². The number of hydrogen-bond donors (Lipinski definition) is 2. The molecule has 6 nitrogen and oxygen atoms in total. The third kappa shape index (κ3) is 2.26. The third-order valence-corrected chi connectivity index (χ3v) is 1.72. The maximum atomic E-state index is 12.6. The first-order valence-corrected chi connectivity index (χ1v) is 3.78. The number of benzene rings is 1. The van der Waals surface area contributed by atoms with Crippen LogP contribution >= 0.6 is 0 Å². The molecule has 0 aliphatic rings. The number of aliphatic hydroxyl groups is 1. The van der Waals surface area contributed by atoms with Crippen molar-refractivity contribution in [2.75, 3.05) is 0 Å². The second-order valence-corrected chi connectivity index (χ2v) is 2.70. The quantitative estimate of drug-likeness (QED) is 0.575. The molecule has 1 rings (SSSR count). The number of hydrogen-bond acceptors (Lipinski definition) is 4. The first kappa shape index (κ1) is 11.1. The van der Waals surface area contributed by atoms with E-state index in [1.54, 1.807) is 0 Å². The highest BCUT2D eigenvalue weighted by atomic mass is 19.1. The molecule has 80 valence electrons. The number of nitro groups is 1. The number of aliphatic carboxylic acids is 1. The number of aliphatic hydroxyl groups excluding tert-OH is 1. The predicted molar refractivity (Wildman–Crippen MR) is 45.7 cm³/mol. The molecule has 0 spiro atoms. The Morgan fingerprint density at radius 3 is 2.60 bits per heavy atom. The number of nitrogens with zero attached hydrogens (tertiary/aromatic N) is 1. The zero-order valence-corrected chi connectivity index (χ0v) is 7.25. The van der Waals surface area contributed by atoms with Crippen LogP contribution in [-0.4, -0.2) is 21.1 Å². The van der Waals surface area contributed by atoms with Gasteiger partial charge in [0.2, 0.25) is 0 Å². The van der Waals surface area contributed by atoms with Crippen LogP contribution < -0.4 is 0 Å². The van der Waals surface area contributed by atoms with Gasteiger partial charge in [0.25, 0.3) is 5.69 Å². The molecule has 1 aromatic carbocycles. The fourth-order valence-electron chi connectivity index (χ4n) is 1.04. The van der Waals surface area contributed by atoms with Crippen molar-refractivity contribution in [1.29, 1.82) is 0 Å². The van der Waals surface area contributed by atoms with E-state index in [1.165, 1.54) is 0 Å². The Hall–Kier alpha value is -2.02. The van der Waals surface area contributed by atoms with Gasteiger partial charge in [-0.15, -0.1) is 0 Å². The van der Waals surface area contributed by atoms with E-state index in [-0.39, 0.29) is 0 Å². The van der Waals surface area contributed by atoms with Gasteiger partial charge in [0.15, 0.2) is 6.10 Å². The summed E-state index contributed by atoms with van der Waals surface area (Å²) < 4.78 is 12.6. The standard InChI is InChI=1S/C8H6FNO5/c9-4-1-2-5(7(11)8(12)13)6(3-4)10(14)15/h1-3,7,11H,(H,12,13)/t7-/m1/s1. The van der Waals surface area contributed by atoms with Crippen LogP contribution in [0.25, 0.3) is 0 Å². The second kappa shape index (κ2) is 4.01. The van der Waals surface area contributed by atoms with Crippen LogP contribution in [0.4, 0.5) is 10.1 Å². The first-order chi connectivity index (χ1) is 6.93. The molecule has 1 atom stereocenters. The number of carbonyl (C=O) groups is 1. The van der Waals surface area contributed by atoms with Gasteiger partial charge in [-0.05, 0) is 12.1 Å². The average Bonchev–Trinajstić information content (AvgIpc) is 2.16. The monoisotopic (exact) mass is 215 g/mol. The molecule has 0 aromatic heterocycles. The summed E-state index contributed by atoms with van der Waals surface area (Å²) in [5.74, 6) is -2.51. The van der Waals surface area contributed by atoms with E-state index in [9.17, 15) is 19.3 Å². The van der Waals surface area contributed by atoms with Gasteiger partial charge < -0.3 is 10.2 Å². The minimum atomic E-state index is -2.04. The van der Waals surface area contributed by atoms with Crippen molar-refractivity contribution >= 4 is 11.7 Å². The van der Waals surface area contributed by atoms with Crippen LogP contribution in [0.1, 0.15) is 11.7 Å². The zero-order valence-electron chi connectivity index (χ0n) is 7.25. The highest BCUT2D eigenvalue weighted by Crippen LogP contribution is 2.25. The molecule has 1 aromatic rings. The van der Waals surface area contributed by atoms with Crippen LogP contribution in [0.5, 0.6) is 0 Å². The average molecular weight is 215 g/mol. The van der Waals surface area contributed by atoms with Crippen molar-refractivity contribution in [2.45, 2.75) is 6.10 Å². The molecule has 0 radical (unpaired) electrons. The van der Waals surface area contributed by atoms with Crippen LogP contribution in [0.2, 0.25) is 0 Å². The number of rotatable bonds is 3. The van der Waals surface area contributed by atoms with Crippen molar-refractivity contribution in [1.82, 2.24) is 0 Å². The summed E-state index contributed by atoms with van der Waals surface area (Å²) in [7, 11) is 0. The zero-order chi connectivity index (χ0) is 11.6. The molecule has 0 saturated heterocycles. The molecule has 7 heteroatoms. The van der Waals surface area contributed by atoms with Crippen LogP contribution in [-0.2, 0) is 4.79 Å². The molecule has 0 amide bonds. The molecule has 0 saturated carbocycles. The van der Waals surface area contributed by atoms with Gasteiger partial charge in [-0.3, -0.25) is 10.1 Å². The Morgan fingerprint density at radius 1 is 1.53 bits per heavy atom. The lowest BCUT2D eigenvalue weighted by Crippen LogP contribution is -2.12. The Balaban J connectivity index is 3.28. The van der Waals surface area contributed by atoms with E-state index in [0.29, 0.717) is 6.07 Å². The Morgan fingerprint density at radius 2 is 2.13 bits per heavy atom. The summed E-state index contributed by atoms with van der Waals surface area (Å²) in [5, 5.41) is 28.0. The summed E-state index contributed by atoms with van der Waals surface area (Å²) in [4.78, 5) is 19.9. The molecule has 0 unspecified atom stereocenters. The van der Waals surface area contributed by atoms with Gasteiger partial charge >= 0.3 is 5.97 Å². The smallest absolute Gasteiger partial charge is 0.337 e. The molecule has 0 fully saturated rings. The number of nitro benzene ring substituents is 1. The highest BCUT2D eigenvalue weighted by Gasteiger charge is 2.25. The molecule has 0 aliphatic heterocycles. The summed E-state index contributed by atoms with van der Waals surface area (Å²) in [6.45, 7) is 0. The van der Waals surface area contributed by atoms with E-state index < -0.39 is 34.1 Å². The molecular weight excluding hydrogens is 209 g/mol. The Labute approximate surface area is 82.7 Å². The summed E-state index contributed by atoms with van der Waals surface area (Å²) in [5.41, 5.74) is -1.21. The fraction of sp³-hybridized carbons (Fsp3) is 0.125. The SMILES string of the molecule is O=C(O)[C@H](O)c1ccc(F)cc1[N+](=O)[O-]. The lowest BCUT2D eigenvalue weighted by Gasteiger charge is -2.05. The van der Waals surface area contributed by atoms with Crippen LogP contribution in [0.15, 0.2) is 18.2 Å². The molecule has 0 heterocycles. The Kier molecular flexibility index (Phi) is 2.96. The Bertz CT molecular complexity index is 419. The van der Waals surface area contributed by atoms with E-state index in [2.05, 4.69) is 0 Å². The van der Waals surface area contributed by atoms with Crippen molar-refractivity contribution in [3.8, 4) is 0 Å². The number of carboxylic acid groups (broad SMARTS) is 1. The first-order valence-electron chi connectivity index (χ1n) is 3.78. The van der Waals surface area contributed by atoms with Crippen molar-refractivity contribution < 1.29 is 24.3 Å². The largest absolute Gasteiger partial charge is 0.479 e.